The number of ether oxygens (including phenoxy) is 1. The minimum absolute atomic E-state index is 0.182. The molecular weight excluding hydrogens is 375 g/mol. The quantitative estimate of drug-likeness (QED) is 0.816. The highest BCUT2D eigenvalue weighted by molar-refractivity contribution is 6.34. The standard InChI is InChI=1S/C19H20Cl2N2O3/c1-11-9-14(20)6-8-17(11)26-12(2)18(24)22-16-10-13(5-7-15(16)21)19(25)23(3)4/h5-10,12H,1-4H3,(H,22,24). The van der Waals surface area contributed by atoms with Gasteiger partial charge in [0.05, 0.1) is 10.7 Å². The summed E-state index contributed by atoms with van der Waals surface area (Å²) in [4.78, 5) is 26.0. The Balaban J connectivity index is 2.13. The molecule has 26 heavy (non-hydrogen) atoms. The maximum absolute atomic E-state index is 12.4. The van der Waals surface area contributed by atoms with E-state index in [4.69, 9.17) is 27.9 Å². The van der Waals surface area contributed by atoms with Crippen LogP contribution in [0.3, 0.4) is 0 Å². The summed E-state index contributed by atoms with van der Waals surface area (Å²) in [6, 6.07) is 9.89. The zero-order chi connectivity index (χ0) is 19.4. The summed E-state index contributed by atoms with van der Waals surface area (Å²) in [5.74, 6) is 0.00800. The molecule has 1 N–H and O–H groups in total. The van der Waals surface area contributed by atoms with Crippen LogP contribution in [0.15, 0.2) is 36.4 Å². The van der Waals surface area contributed by atoms with E-state index in [9.17, 15) is 9.59 Å². The number of benzene rings is 2. The summed E-state index contributed by atoms with van der Waals surface area (Å²) >= 11 is 12.1. The van der Waals surface area contributed by atoms with Crippen molar-refractivity contribution in [3.05, 3.63) is 57.6 Å². The van der Waals surface area contributed by atoms with Gasteiger partial charge >= 0.3 is 0 Å². The molecule has 0 saturated carbocycles. The lowest BCUT2D eigenvalue weighted by Crippen LogP contribution is -2.30. The van der Waals surface area contributed by atoms with Gasteiger partial charge in [-0.25, -0.2) is 0 Å². The van der Waals surface area contributed by atoms with E-state index < -0.39 is 6.10 Å². The van der Waals surface area contributed by atoms with Crippen LogP contribution in [0.1, 0.15) is 22.8 Å². The van der Waals surface area contributed by atoms with E-state index in [1.165, 1.54) is 4.90 Å². The fourth-order valence-electron chi connectivity index (χ4n) is 2.24. The van der Waals surface area contributed by atoms with Gasteiger partial charge in [0.1, 0.15) is 5.75 Å². The van der Waals surface area contributed by atoms with Crippen LogP contribution < -0.4 is 10.1 Å². The van der Waals surface area contributed by atoms with Gasteiger partial charge in [0.25, 0.3) is 11.8 Å². The minimum Gasteiger partial charge on any atom is -0.481 e. The van der Waals surface area contributed by atoms with Crippen LogP contribution in [0.25, 0.3) is 0 Å². The van der Waals surface area contributed by atoms with Gasteiger partial charge in [-0.05, 0) is 55.8 Å². The first-order valence-corrected chi connectivity index (χ1v) is 8.69. The van der Waals surface area contributed by atoms with Gasteiger partial charge in [-0.15, -0.1) is 0 Å². The molecule has 0 fully saturated rings. The maximum atomic E-state index is 12.4. The number of aryl methyl sites for hydroxylation is 1. The summed E-state index contributed by atoms with van der Waals surface area (Å²) in [6.07, 6.45) is -0.765. The number of anilines is 1. The Hall–Kier alpha value is -2.24. The Labute approximate surface area is 162 Å². The van der Waals surface area contributed by atoms with Crippen molar-refractivity contribution >= 4 is 40.7 Å². The number of hydrogen-bond donors (Lipinski definition) is 1. The molecule has 5 nitrogen and oxygen atoms in total. The van der Waals surface area contributed by atoms with Gasteiger partial charge in [-0.2, -0.15) is 0 Å². The molecule has 2 aromatic carbocycles. The lowest BCUT2D eigenvalue weighted by Gasteiger charge is -2.17. The van der Waals surface area contributed by atoms with Crippen molar-refractivity contribution in [3.63, 3.8) is 0 Å². The molecule has 0 radical (unpaired) electrons. The van der Waals surface area contributed by atoms with Gasteiger partial charge in [-0.3, -0.25) is 9.59 Å². The summed E-state index contributed by atoms with van der Waals surface area (Å²) in [6.45, 7) is 3.48. The topological polar surface area (TPSA) is 58.6 Å². The molecule has 0 aliphatic heterocycles. The van der Waals surface area contributed by atoms with Gasteiger partial charge in [0.2, 0.25) is 0 Å². The number of nitrogens with one attached hydrogen (secondary N) is 1. The Morgan fingerprint density at radius 1 is 1.12 bits per heavy atom. The third-order valence-corrected chi connectivity index (χ3v) is 4.25. The van der Waals surface area contributed by atoms with Crippen molar-refractivity contribution in [1.29, 1.82) is 0 Å². The first kappa shape index (κ1) is 20.1. The fourth-order valence-corrected chi connectivity index (χ4v) is 2.63. The van der Waals surface area contributed by atoms with Crippen molar-refractivity contribution in [2.24, 2.45) is 0 Å². The molecule has 2 rings (SSSR count). The van der Waals surface area contributed by atoms with Gasteiger partial charge in [0.15, 0.2) is 6.10 Å². The number of nitrogens with zero attached hydrogens (tertiary/aromatic N) is 1. The number of hydrogen-bond acceptors (Lipinski definition) is 3. The molecule has 138 valence electrons. The summed E-state index contributed by atoms with van der Waals surface area (Å²) < 4.78 is 5.70. The predicted octanol–water partition coefficient (Wildman–Crippen LogP) is 4.41. The van der Waals surface area contributed by atoms with Crippen LogP contribution >= 0.6 is 23.2 Å². The molecule has 1 atom stereocenters. The lowest BCUT2D eigenvalue weighted by atomic mass is 10.1. The molecule has 0 aromatic heterocycles. The SMILES string of the molecule is Cc1cc(Cl)ccc1OC(C)C(=O)Nc1cc(C(=O)N(C)C)ccc1Cl. The maximum Gasteiger partial charge on any atom is 0.265 e. The van der Waals surface area contributed by atoms with E-state index in [1.54, 1.807) is 57.4 Å². The number of halogens is 2. The smallest absolute Gasteiger partial charge is 0.265 e. The van der Waals surface area contributed by atoms with E-state index in [1.807, 2.05) is 6.92 Å². The van der Waals surface area contributed by atoms with Crippen LogP contribution in [0.4, 0.5) is 5.69 Å². The van der Waals surface area contributed by atoms with Crippen molar-refractivity contribution < 1.29 is 14.3 Å². The van der Waals surface area contributed by atoms with Crippen molar-refractivity contribution in [1.82, 2.24) is 4.90 Å². The van der Waals surface area contributed by atoms with Crippen LogP contribution in [0, 0.1) is 6.92 Å². The summed E-state index contributed by atoms with van der Waals surface area (Å²) in [5.41, 5.74) is 1.61. The number of amides is 2. The molecular formula is C19H20Cl2N2O3. The first-order chi connectivity index (χ1) is 12.2. The van der Waals surface area contributed by atoms with E-state index in [0.29, 0.717) is 27.0 Å². The minimum atomic E-state index is -0.765. The van der Waals surface area contributed by atoms with Gasteiger partial charge in [0, 0.05) is 24.7 Å². The van der Waals surface area contributed by atoms with E-state index in [2.05, 4.69) is 5.32 Å². The molecule has 0 heterocycles. The highest BCUT2D eigenvalue weighted by Crippen LogP contribution is 2.25. The molecule has 2 amide bonds. The number of carbonyl (C=O) groups excluding carboxylic acids is 2. The fraction of sp³-hybridized carbons (Fsp3) is 0.263. The van der Waals surface area contributed by atoms with Crippen molar-refractivity contribution in [2.75, 3.05) is 19.4 Å². The lowest BCUT2D eigenvalue weighted by molar-refractivity contribution is -0.122. The van der Waals surface area contributed by atoms with Crippen LogP contribution in [-0.2, 0) is 4.79 Å². The molecule has 0 aliphatic rings. The normalized spacial score (nSPS) is 11.6. The predicted molar refractivity (Wildman–Crippen MR) is 104 cm³/mol. The van der Waals surface area contributed by atoms with E-state index in [-0.39, 0.29) is 11.8 Å². The molecule has 7 heteroatoms. The van der Waals surface area contributed by atoms with E-state index >= 15 is 0 Å². The zero-order valence-electron chi connectivity index (χ0n) is 15.0. The molecule has 1 unspecified atom stereocenters. The molecule has 0 aliphatic carbocycles. The van der Waals surface area contributed by atoms with Crippen LogP contribution in [0.5, 0.6) is 5.75 Å². The monoisotopic (exact) mass is 394 g/mol. The Morgan fingerprint density at radius 3 is 2.42 bits per heavy atom. The average Bonchev–Trinajstić information content (AvgIpc) is 2.58. The Bertz CT molecular complexity index is 838. The van der Waals surface area contributed by atoms with Gasteiger partial charge < -0.3 is 15.0 Å². The van der Waals surface area contributed by atoms with Crippen LogP contribution in [0.2, 0.25) is 10.0 Å². The van der Waals surface area contributed by atoms with Crippen molar-refractivity contribution in [2.45, 2.75) is 20.0 Å². The zero-order valence-corrected chi connectivity index (χ0v) is 16.5. The second kappa shape index (κ2) is 8.43. The van der Waals surface area contributed by atoms with Gasteiger partial charge in [-0.1, -0.05) is 23.2 Å². The molecule has 2 aromatic rings. The third-order valence-electron chi connectivity index (χ3n) is 3.69. The molecule has 0 saturated heterocycles. The second-order valence-electron chi connectivity index (χ2n) is 6.05. The van der Waals surface area contributed by atoms with Crippen molar-refractivity contribution in [3.8, 4) is 5.75 Å². The Kier molecular flexibility index (Phi) is 6.51. The largest absolute Gasteiger partial charge is 0.481 e. The number of rotatable bonds is 5. The molecule has 0 bridgehead atoms. The third kappa shape index (κ3) is 4.90. The van der Waals surface area contributed by atoms with Crippen LogP contribution in [-0.4, -0.2) is 36.9 Å². The average molecular weight is 395 g/mol. The highest BCUT2D eigenvalue weighted by atomic mass is 35.5. The molecule has 0 spiro atoms. The van der Waals surface area contributed by atoms with E-state index in [0.717, 1.165) is 5.56 Å². The highest BCUT2D eigenvalue weighted by Gasteiger charge is 2.18. The second-order valence-corrected chi connectivity index (χ2v) is 6.90. The summed E-state index contributed by atoms with van der Waals surface area (Å²) in [7, 11) is 3.30. The summed E-state index contributed by atoms with van der Waals surface area (Å²) in [5, 5.41) is 3.64. The first-order valence-electron chi connectivity index (χ1n) is 7.94. The Morgan fingerprint density at radius 2 is 1.81 bits per heavy atom. The number of carbonyl (C=O) groups is 2.